The third kappa shape index (κ3) is 4.01. The Hall–Kier alpha value is -2.96. The molecule has 0 saturated carbocycles. The minimum absolute atomic E-state index is 0.104. The Balaban J connectivity index is 1.49. The van der Waals surface area contributed by atoms with Gasteiger partial charge in [0.2, 0.25) is 0 Å². The maximum atomic E-state index is 13.0. The predicted molar refractivity (Wildman–Crippen MR) is 115 cm³/mol. The lowest BCUT2D eigenvalue weighted by Crippen LogP contribution is -2.51. The number of aromatic nitrogens is 1. The van der Waals surface area contributed by atoms with Crippen molar-refractivity contribution in [3.8, 4) is 0 Å². The van der Waals surface area contributed by atoms with Crippen molar-refractivity contribution >= 4 is 34.4 Å². The first-order valence-corrected chi connectivity index (χ1v) is 10.2. The summed E-state index contributed by atoms with van der Waals surface area (Å²) < 4.78 is 5.03. The lowest BCUT2D eigenvalue weighted by molar-refractivity contribution is -0.148. The highest BCUT2D eigenvalue weighted by molar-refractivity contribution is 6.31. The van der Waals surface area contributed by atoms with Crippen LogP contribution in [0.1, 0.15) is 22.1 Å². The number of halogens is 1. The molecular formula is C23H22ClN3O3. The van der Waals surface area contributed by atoms with Crippen LogP contribution in [0, 0.1) is 0 Å². The van der Waals surface area contributed by atoms with Gasteiger partial charge in [-0.05, 0) is 23.8 Å². The fraction of sp³-hybridized carbons (Fsp3) is 0.261. The van der Waals surface area contributed by atoms with Gasteiger partial charge in [-0.2, -0.15) is 0 Å². The number of amides is 1. The molecule has 154 valence electrons. The maximum Gasteiger partial charge on any atom is 0.327 e. The van der Waals surface area contributed by atoms with E-state index in [1.54, 1.807) is 17.0 Å². The van der Waals surface area contributed by atoms with Crippen LogP contribution in [0.2, 0.25) is 5.02 Å². The maximum absolute atomic E-state index is 13.0. The van der Waals surface area contributed by atoms with E-state index in [1.807, 2.05) is 53.4 Å². The topological polar surface area (TPSA) is 62.7 Å². The van der Waals surface area contributed by atoms with Gasteiger partial charge in [0.05, 0.1) is 12.6 Å². The number of hydrogen-bond acceptors (Lipinski definition) is 5. The Morgan fingerprint density at radius 2 is 1.67 bits per heavy atom. The predicted octanol–water partition coefficient (Wildman–Crippen LogP) is 3.56. The van der Waals surface area contributed by atoms with Crippen LogP contribution in [0.3, 0.4) is 0 Å². The van der Waals surface area contributed by atoms with E-state index in [-0.39, 0.29) is 11.9 Å². The number of rotatable bonds is 4. The van der Waals surface area contributed by atoms with Gasteiger partial charge in [-0.3, -0.25) is 9.69 Å². The van der Waals surface area contributed by atoms with Gasteiger partial charge in [-0.25, -0.2) is 9.78 Å². The van der Waals surface area contributed by atoms with Crippen molar-refractivity contribution in [2.24, 2.45) is 0 Å². The second-order valence-electron chi connectivity index (χ2n) is 7.16. The first-order chi connectivity index (χ1) is 14.6. The number of ether oxygens (including phenoxy) is 1. The SMILES string of the molecule is COC(=O)[C@H](c1ccccc1Cl)N1CCN(C(=O)c2ccc3ccccc3n2)CC1. The highest BCUT2D eigenvalue weighted by Crippen LogP contribution is 2.29. The Morgan fingerprint density at radius 3 is 2.40 bits per heavy atom. The standard InChI is InChI=1S/C23H22ClN3O3/c1-30-23(29)21(17-7-3-4-8-18(17)24)26-12-14-27(15-13-26)22(28)20-11-10-16-6-2-5-9-19(16)25-20/h2-11,21H,12-15H2,1H3/t21-/m0/s1. The number of pyridine rings is 1. The van der Waals surface area contributed by atoms with Crippen molar-refractivity contribution in [3.05, 3.63) is 76.9 Å². The molecule has 1 amide bonds. The second kappa shape index (κ2) is 8.81. The van der Waals surface area contributed by atoms with E-state index in [0.29, 0.717) is 42.5 Å². The molecule has 6 nitrogen and oxygen atoms in total. The average molecular weight is 424 g/mol. The number of methoxy groups -OCH3 is 1. The van der Waals surface area contributed by atoms with Gasteiger partial charge in [0.15, 0.2) is 0 Å². The lowest BCUT2D eigenvalue weighted by Gasteiger charge is -2.38. The number of benzene rings is 2. The number of carbonyl (C=O) groups excluding carboxylic acids is 2. The summed E-state index contributed by atoms with van der Waals surface area (Å²) >= 11 is 6.34. The quantitative estimate of drug-likeness (QED) is 0.600. The molecule has 2 aromatic carbocycles. The van der Waals surface area contributed by atoms with Gasteiger partial charge in [0, 0.05) is 36.6 Å². The summed E-state index contributed by atoms with van der Waals surface area (Å²) in [5.41, 5.74) is 1.94. The van der Waals surface area contributed by atoms with Crippen molar-refractivity contribution in [2.75, 3.05) is 33.3 Å². The number of carbonyl (C=O) groups is 2. The molecular weight excluding hydrogens is 402 g/mol. The molecule has 1 saturated heterocycles. The van der Waals surface area contributed by atoms with E-state index in [1.165, 1.54) is 7.11 Å². The number of esters is 1. The number of fused-ring (bicyclic) bond motifs is 1. The summed E-state index contributed by atoms with van der Waals surface area (Å²) in [7, 11) is 1.37. The molecule has 7 heteroatoms. The van der Waals surface area contributed by atoms with E-state index in [4.69, 9.17) is 16.3 Å². The molecule has 3 aromatic rings. The van der Waals surface area contributed by atoms with E-state index < -0.39 is 6.04 Å². The lowest BCUT2D eigenvalue weighted by atomic mass is 10.0. The van der Waals surface area contributed by atoms with Gasteiger partial charge in [-0.15, -0.1) is 0 Å². The monoisotopic (exact) mass is 423 g/mol. The fourth-order valence-electron chi connectivity index (χ4n) is 3.81. The zero-order valence-corrected chi connectivity index (χ0v) is 17.4. The smallest absolute Gasteiger partial charge is 0.327 e. The van der Waals surface area contributed by atoms with Crippen molar-refractivity contribution in [1.82, 2.24) is 14.8 Å². The number of hydrogen-bond donors (Lipinski definition) is 0. The van der Waals surface area contributed by atoms with Crippen LogP contribution in [0.15, 0.2) is 60.7 Å². The summed E-state index contributed by atoms with van der Waals surface area (Å²) in [4.78, 5) is 33.8. The van der Waals surface area contributed by atoms with Crippen LogP contribution in [-0.2, 0) is 9.53 Å². The molecule has 0 N–H and O–H groups in total. The Morgan fingerprint density at radius 1 is 0.967 bits per heavy atom. The Bertz CT molecular complexity index is 1080. The van der Waals surface area contributed by atoms with Gasteiger partial charge in [0.1, 0.15) is 11.7 Å². The second-order valence-corrected chi connectivity index (χ2v) is 7.57. The third-order valence-corrected chi connectivity index (χ3v) is 5.75. The summed E-state index contributed by atoms with van der Waals surface area (Å²) in [6.07, 6.45) is 0. The summed E-state index contributed by atoms with van der Waals surface area (Å²) in [5.74, 6) is -0.466. The number of para-hydroxylation sites is 1. The van der Waals surface area contributed by atoms with Crippen LogP contribution in [-0.4, -0.2) is 59.9 Å². The molecule has 4 rings (SSSR count). The average Bonchev–Trinajstić information content (AvgIpc) is 2.80. The van der Waals surface area contributed by atoms with Crippen LogP contribution < -0.4 is 0 Å². The first-order valence-electron chi connectivity index (χ1n) is 9.80. The van der Waals surface area contributed by atoms with E-state index in [9.17, 15) is 9.59 Å². The molecule has 0 spiro atoms. The van der Waals surface area contributed by atoms with Gasteiger partial charge >= 0.3 is 5.97 Å². The van der Waals surface area contributed by atoms with Gasteiger partial charge < -0.3 is 9.64 Å². The fourth-order valence-corrected chi connectivity index (χ4v) is 4.05. The van der Waals surface area contributed by atoms with Crippen molar-refractivity contribution in [3.63, 3.8) is 0 Å². The van der Waals surface area contributed by atoms with Crippen molar-refractivity contribution < 1.29 is 14.3 Å². The van der Waals surface area contributed by atoms with E-state index >= 15 is 0 Å². The van der Waals surface area contributed by atoms with Crippen LogP contribution in [0.25, 0.3) is 10.9 Å². The molecule has 30 heavy (non-hydrogen) atoms. The summed E-state index contributed by atoms with van der Waals surface area (Å²) in [6.45, 7) is 2.05. The Labute approximate surface area is 180 Å². The molecule has 0 radical (unpaired) electrons. The molecule has 1 aliphatic heterocycles. The summed E-state index contributed by atoms with van der Waals surface area (Å²) in [5, 5.41) is 1.52. The summed E-state index contributed by atoms with van der Waals surface area (Å²) in [6, 6.07) is 18.1. The van der Waals surface area contributed by atoms with Gasteiger partial charge in [-0.1, -0.05) is 54.1 Å². The normalized spacial score (nSPS) is 15.7. The third-order valence-electron chi connectivity index (χ3n) is 5.41. The van der Waals surface area contributed by atoms with E-state index in [2.05, 4.69) is 4.98 Å². The molecule has 1 atom stereocenters. The highest BCUT2D eigenvalue weighted by atomic mass is 35.5. The molecule has 0 unspecified atom stereocenters. The van der Waals surface area contributed by atoms with Crippen LogP contribution in [0.5, 0.6) is 0 Å². The minimum Gasteiger partial charge on any atom is -0.468 e. The molecule has 2 heterocycles. The number of piperazine rings is 1. The van der Waals surface area contributed by atoms with Crippen LogP contribution >= 0.6 is 11.6 Å². The zero-order valence-electron chi connectivity index (χ0n) is 16.6. The van der Waals surface area contributed by atoms with Crippen molar-refractivity contribution in [1.29, 1.82) is 0 Å². The Kier molecular flexibility index (Phi) is 5.97. The minimum atomic E-state index is -0.597. The molecule has 0 aliphatic carbocycles. The van der Waals surface area contributed by atoms with Crippen molar-refractivity contribution in [2.45, 2.75) is 6.04 Å². The molecule has 1 aliphatic rings. The van der Waals surface area contributed by atoms with Gasteiger partial charge in [0.25, 0.3) is 5.91 Å². The highest BCUT2D eigenvalue weighted by Gasteiger charge is 2.33. The molecule has 0 bridgehead atoms. The zero-order chi connectivity index (χ0) is 21.1. The van der Waals surface area contributed by atoms with E-state index in [0.717, 1.165) is 10.9 Å². The molecule has 1 aromatic heterocycles. The molecule has 1 fully saturated rings. The number of nitrogens with zero attached hydrogens (tertiary/aromatic N) is 3. The van der Waals surface area contributed by atoms with Crippen LogP contribution in [0.4, 0.5) is 0 Å². The largest absolute Gasteiger partial charge is 0.468 e. The first kappa shape index (κ1) is 20.3.